The van der Waals surface area contributed by atoms with Gasteiger partial charge in [0.05, 0.1) is 9.83 Å². The van der Waals surface area contributed by atoms with Gasteiger partial charge in [0.2, 0.25) is 0 Å². The third-order valence-corrected chi connectivity index (χ3v) is 4.36. The van der Waals surface area contributed by atoms with E-state index in [-0.39, 0.29) is 12.3 Å². The van der Waals surface area contributed by atoms with E-state index in [2.05, 4.69) is 10.6 Å². The van der Waals surface area contributed by atoms with Gasteiger partial charge in [-0.15, -0.1) is 0 Å². The van der Waals surface area contributed by atoms with E-state index in [9.17, 15) is 24.5 Å². The summed E-state index contributed by atoms with van der Waals surface area (Å²) in [7, 11) is 0. The van der Waals surface area contributed by atoms with E-state index >= 15 is 0 Å². The van der Waals surface area contributed by atoms with Gasteiger partial charge in [-0.3, -0.25) is 29.8 Å². The van der Waals surface area contributed by atoms with Crippen molar-refractivity contribution in [3.05, 3.63) is 69.1 Å². The van der Waals surface area contributed by atoms with Crippen LogP contribution in [0.5, 0.6) is 5.75 Å². The Hall–Kier alpha value is -3.66. The molecule has 2 aromatic carbocycles. The molecule has 0 spiro atoms. The van der Waals surface area contributed by atoms with Gasteiger partial charge in [-0.2, -0.15) is 0 Å². The maximum atomic E-state index is 11.9. The smallest absolute Gasteiger partial charge is 0.290 e. The maximum Gasteiger partial charge on any atom is 0.290 e. The van der Waals surface area contributed by atoms with Crippen LogP contribution in [0.1, 0.15) is 5.56 Å². The van der Waals surface area contributed by atoms with Gasteiger partial charge >= 0.3 is 0 Å². The van der Waals surface area contributed by atoms with E-state index in [1.807, 2.05) is 0 Å². The predicted octanol–water partition coefficient (Wildman–Crippen LogP) is 2.94. The van der Waals surface area contributed by atoms with Crippen molar-refractivity contribution in [3.63, 3.8) is 0 Å². The number of hydrogen-bond donors (Lipinski definition) is 2. The second-order valence-corrected chi connectivity index (χ2v) is 6.58. The highest BCUT2D eigenvalue weighted by Gasteiger charge is 2.24. The summed E-state index contributed by atoms with van der Waals surface area (Å²) in [6.45, 7) is -0.246. The van der Waals surface area contributed by atoms with Gasteiger partial charge in [0.1, 0.15) is 5.75 Å². The Kier molecular flexibility index (Phi) is 5.70. The number of nitrogens with one attached hydrogen (secondary N) is 2. The molecule has 1 heterocycles. The van der Waals surface area contributed by atoms with Crippen LogP contribution < -0.4 is 15.4 Å². The average Bonchev–Trinajstić information content (AvgIpc) is 2.98. The standard InChI is InChI=1S/C18H13N3O6S/c22-16(19-12-3-5-13(6-4-12)21(25)26)10-27-14-7-1-11(2-8-14)9-15-17(23)20-18(24)28-15/h1-9H,10H2,(H,19,22)(H,20,23,24)/b15-9-. The molecule has 0 aliphatic carbocycles. The summed E-state index contributed by atoms with van der Waals surface area (Å²) in [6.07, 6.45) is 1.58. The molecule has 0 unspecified atom stereocenters. The molecule has 142 valence electrons. The number of hydrogen-bond acceptors (Lipinski definition) is 7. The first-order valence-electron chi connectivity index (χ1n) is 7.93. The molecule has 1 saturated heterocycles. The van der Waals surface area contributed by atoms with Crippen LogP contribution >= 0.6 is 11.8 Å². The zero-order valence-corrected chi connectivity index (χ0v) is 15.0. The van der Waals surface area contributed by atoms with Crippen molar-refractivity contribution in [1.82, 2.24) is 5.32 Å². The van der Waals surface area contributed by atoms with Crippen molar-refractivity contribution in [1.29, 1.82) is 0 Å². The molecule has 9 nitrogen and oxygen atoms in total. The minimum Gasteiger partial charge on any atom is -0.484 e. The van der Waals surface area contributed by atoms with Crippen molar-refractivity contribution < 1.29 is 24.0 Å². The molecule has 3 amide bonds. The lowest BCUT2D eigenvalue weighted by Gasteiger charge is -2.08. The van der Waals surface area contributed by atoms with E-state index in [1.165, 1.54) is 24.3 Å². The van der Waals surface area contributed by atoms with Crippen LogP contribution in [0.4, 0.5) is 16.2 Å². The second-order valence-electron chi connectivity index (χ2n) is 5.56. The van der Waals surface area contributed by atoms with Crippen LogP contribution in [-0.4, -0.2) is 28.6 Å². The summed E-state index contributed by atoms with van der Waals surface area (Å²) in [6, 6.07) is 12.1. The van der Waals surface area contributed by atoms with Crippen molar-refractivity contribution in [2.75, 3.05) is 11.9 Å². The molecular formula is C18H13N3O6S. The number of ether oxygens (including phenoxy) is 1. The Bertz CT molecular complexity index is 970. The van der Waals surface area contributed by atoms with Crippen LogP contribution in [0.25, 0.3) is 6.08 Å². The van der Waals surface area contributed by atoms with Crippen LogP contribution in [-0.2, 0) is 9.59 Å². The number of imide groups is 1. The largest absolute Gasteiger partial charge is 0.484 e. The summed E-state index contributed by atoms with van der Waals surface area (Å²) >= 11 is 0.830. The van der Waals surface area contributed by atoms with Gasteiger partial charge in [-0.1, -0.05) is 12.1 Å². The van der Waals surface area contributed by atoms with Gasteiger partial charge in [-0.05, 0) is 47.7 Å². The zero-order chi connectivity index (χ0) is 20.1. The summed E-state index contributed by atoms with van der Waals surface area (Å²) in [5.74, 6) is -0.406. The highest BCUT2D eigenvalue weighted by Crippen LogP contribution is 2.26. The van der Waals surface area contributed by atoms with Crippen molar-refractivity contribution in [2.45, 2.75) is 0 Å². The van der Waals surface area contributed by atoms with Gasteiger partial charge in [0.15, 0.2) is 6.61 Å². The highest BCUT2D eigenvalue weighted by atomic mass is 32.2. The quantitative estimate of drug-likeness (QED) is 0.434. The van der Waals surface area contributed by atoms with Gasteiger partial charge in [0.25, 0.3) is 22.7 Å². The molecule has 0 bridgehead atoms. The van der Waals surface area contributed by atoms with Gasteiger partial charge in [0, 0.05) is 17.8 Å². The average molecular weight is 399 g/mol. The third kappa shape index (κ3) is 4.95. The first-order valence-corrected chi connectivity index (χ1v) is 8.74. The van der Waals surface area contributed by atoms with Crippen LogP contribution in [0.2, 0.25) is 0 Å². The fourth-order valence-corrected chi connectivity index (χ4v) is 2.93. The Morgan fingerprint density at radius 3 is 2.39 bits per heavy atom. The van der Waals surface area contributed by atoms with Crippen LogP contribution in [0.15, 0.2) is 53.4 Å². The number of amides is 3. The summed E-state index contributed by atoms with van der Waals surface area (Å²) in [5, 5.41) is 14.9. The Morgan fingerprint density at radius 2 is 1.82 bits per heavy atom. The number of rotatable bonds is 6. The summed E-state index contributed by atoms with van der Waals surface area (Å²) in [4.78, 5) is 44.9. The van der Waals surface area contributed by atoms with Gasteiger partial charge < -0.3 is 10.1 Å². The minimum atomic E-state index is -0.524. The Labute approximate surface area is 162 Å². The lowest BCUT2D eigenvalue weighted by atomic mass is 10.2. The van der Waals surface area contributed by atoms with Crippen LogP contribution in [0.3, 0.4) is 0 Å². The maximum absolute atomic E-state index is 11.9. The SMILES string of the molecule is O=C(COc1ccc(/C=C2\SC(=O)NC2=O)cc1)Nc1ccc([N+](=O)[O-])cc1. The van der Waals surface area contributed by atoms with Crippen LogP contribution in [0, 0.1) is 10.1 Å². The molecule has 0 atom stereocenters. The topological polar surface area (TPSA) is 128 Å². The molecule has 3 rings (SSSR count). The number of benzene rings is 2. The number of nitro groups is 1. The Morgan fingerprint density at radius 1 is 1.14 bits per heavy atom. The Balaban J connectivity index is 1.52. The summed E-state index contributed by atoms with van der Waals surface area (Å²) < 4.78 is 5.39. The number of carbonyl (C=O) groups excluding carboxylic acids is 3. The van der Waals surface area contributed by atoms with Crippen molar-refractivity contribution >= 4 is 46.3 Å². The number of anilines is 1. The van der Waals surface area contributed by atoms with E-state index in [0.29, 0.717) is 21.9 Å². The lowest BCUT2D eigenvalue weighted by Crippen LogP contribution is -2.20. The first-order chi connectivity index (χ1) is 13.4. The number of non-ortho nitro benzene ring substituents is 1. The molecular weight excluding hydrogens is 386 g/mol. The molecule has 0 saturated carbocycles. The van der Waals surface area contributed by atoms with E-state index < -0.39 is 22.0 Å². The molecule has 1 aliphatic rings. The molecule has 28 heavy (non-hydrogen) atoms. The molecule has 0 aromatic heterocycles. The number of thioether (sulfide) groups is 1. The highest BCUT2D eigenvalue weighted by molar-refractivity contribution is 8.18. The molecule has 0 radical (unpaired) electrons. The fourth-order valence-electron chi connectivity index (χ4n) is 2.25. The van der Waals surface area contributed by atoms with Crippen molar-refractivity contribution in [2.24, 2.45) is 0 Å². The van der Waals surface area contributed by atoms with E-state index in [1.54, 1.807) is 30.3 Å². The third-order valence-electron chi connectivity index (χ3n) is 3.55. The number of nitro benzene ring substituents is 1. The summed E-state index contributed by atoms with van der Waals surface area (Å²) in [5.41, 5.74) is 1.06. The molecule has 2 N–H and O–H groups in total. The number of carbonyl (C=O) groups is 3. The van der Waals surface area contributed by atoms with Crippen molar-refractivity contribution in [3.8, 4) is 5.75 Å². The van der Waals surface area contributed by atoms with E-state index in [4.69, 9.17) is 4.74 Å². The zero-order valence-electron chi connectivity index (χ0n) is 14.2. The molecule has 1 fully saturated rings. The lowest BCUT2D eigenvalue weighted by molar-refractivity contribution is -0.384. The molecule has 1 aliphatic heterocycles. The monoisotopic (exact) mass is 399 g/mol. The first kappa shape index (κ1) is 19.1. The fraction of sp³-hybridized carbons (Fsp3) is 0.0556. The normalized spacial score (nSPS) is 14.6. The molecule has 10 heteroatoms. The number of nitrogens with zero attached hydrogens (tertiary/aromatic N) is 1. The predicted molar refractivity (Wildman–Crippen MR) is 103 cm³/mol. The second kappa shape index (κ2) is 8.35. The molecule has 2 aromatic rings. The minimum absolute atomic E-state index is 0.0674. The van der Waals surface area contributed by atoms with E-state index in [0.717, 1.165) is 11.8 Å². The van der Waals surface area contributed by atoms with Gasteiger partial charge in [-0.25, -0.2) is 0 Å².